The molecule has 1 aromatic heterocycles. The fourth-order valence-electron chi connectivity index (χ4n) is 1.43. The van der Waals surface area contributed by atoms with E-state index in [1.807, 2.05) is 12.1 Å². The van der Waals surface area contributed by atoms with Crippen molar-refractivity contribution in [3.05, 3.63) is 46.7 Å². The molecule has 0 aliphatic carbocycles. The van der Waals surface area contributed by atoms with Gasteiger partial charge in [-0.1, -0.05) is 11.6 Å². The molecule has 5 heteroatoms. The summed E-state index contributed by atoms with van der Waals surface area (Å²) in [5, 5.41) is 4.76. The quantitative estimate of drug-likeness (QED) is 0.865. The lowest BCUT2D eigenvalue weighted by Gasteiger charge is -2.00. The van der Waals surface area contributed by atoms with Gasteiger partial charge < -0.3 is 5.73 Å². The number of nitrogens with two attached hydrogens (primary N) is 1. The van der Waals surface area contributed by atoms with Gasteiger partial charge in [0.05, 0.1) is 5.69 Å². The van der Waals surface area contributed by atoms with Gasteiger partial charge in [-0.3, -0.25) is 4.79 Å². The number of amides is 1. The van der Waals surface area contributed by atoms with Crippen LogP contribution in [0.3, 0.4) is 0 Å². The molecule has 0 atom stereocenters. The Morgan fingerprint density at radius 2 is 2.00 bits per heavy atom. The summed E-state index contributed by atoms with van der Waals surface area (Å²) in [4.78, 5) is 11.0. The molecule has 2 aromatic rings. The van der Waals surface area contributed by atoms with Crippen molar-refractivity contribution in [2.75, 3.05) is 0 Å². The van der Waals surface area contributed by atoms with Gasteiger partial charge in [-0.05, 0) is 31.2 Å². The predicted molar refractivity (Wildman–Crippen MR) is 61.8 cm³/mol. The second kappa shape index (κ2) is 3.98. The summed E-state index contributed by atoms with van der Waals surface area (Å²) in [6, 6.07) is 7.16. The van der Waals surface area contributed by atoms with Gasteiger partial charge in [0.2, 0.25) is 0 Å². The molecule has 16 heavy (non-hydrogen) atoms. The first kappa shape index (κ1) is 10.7. The summed E-state index contributed by atoms with van der Waals surface area (Å²) >= 11 is 5.78. The Hall–Kier alpha value is -1.81. The Balaban J connectivity index is 2.45. The van der Waals surface area contributed by atoms with Gasteiger partial charge in [0.15, 0.2) is 5.69 Å². The highest BCUT2D eigenvalue weighted by Gasteiger charge is 2.10. The van der Waals surface area contributed by atoms with Crippen molar-refractivity contribution >= 4 is 17.5 Å². The molecule has 0 aliphatic rings. The molecule has 0 aliphatic heterocycles. The molecule has 2 rings (SSSR count). The first-order chi connectivity index (χ1) is 7.58. The summed E-state index contributed by atoms with van der Waals surface area (Å²) in [5.41, 5.74) is 7.07. The maximum atomic E-state index is 11.0. The number of aryl methyl sites for hydroxylation is 1. The van der Waals surface area contributed by atoms with E-state index in [1.54, 1.807) is 29.9 Å². The van der Waals surface area contributed by atoms with Crippen LogP contribution in [-0.4, -0.2) is 15.7 Å². The van der Waals surface area contributed by atoms with Gasteiger partial charge in [-0.15, -0.1) is 0 Å². The van der Waals surface area contributed by atoms with Crippen LogP contribution >= 0.6 is 11.6 Å². The van der Waals surface area contributed by atoms with Crippen molar-refractivity contribution in [1.82, 2.24) is 9.78 Å². The Bertz CT molecular complexity index is 531. The molecular formula is C11H10ClN3O. The molecule has 0 spiro atoms. The van der Waals surface area contributed by atoms with Crippen LogP contribution in [0.4, 0.5) is 0 Å². The number of primary amides is 1. The zero-order chi connectivity index (χ0) is 11.7. The molecule has 2 N–H and O–H groups in total. The number of halogens is 1. The monoisotopic (exact) mass is 235 g/mol. The van der Waals surface area contributed by atoms with Crippen molar-refractivity contribution in [3.63, 3.8) is 0 Å². The van der Waals surface area contributed by atoms with Crippen molar-refractivity contribution < 1.29 is 4.79 Å². The molecule has 82 valence electrons. The number of rotatable bonds is 2. The lowest BCUT2D eigenvalue weighted by molar-refractivity contribution is 0.0994. The number of benzene rings is 1. The predicted octanol–water partition coefficient (Wildman–Crippen LogP) is 1.93. The second-order valence-electron chi connectivity index (χ2n) is 3.45. The van der Waals surface area contributed by atoms with Crippen molar-refractivity contribution in [1.29, 1.82) is 0 Å². The molecule has 0 saturated carbocycles. The van der Waals surface area contributed by atoms with Gasteiger partial charge in [0, 0.05) is 16.8 Å². The molecular weight excluding hydrogens is 226 g/mol. The van der Waals surface area contributed by atoms with E-state index in [9.17, 15) is 4.79 Å². The van der Waals surface area contributed by atoms with Gasteiger partial charge in [0.1, 0.15) is 0 Å². The summed E-state index contributed by atoms with van der Waals surface area (Å²) in [6.45, 7) is 1.79. The molecule has 0 radical (unpaired) electrons. The summed E-state index contributed by atoms with van der Waals surface area (Å²) in [6.07, 6.45) is 1.75. The highest BCUT2D eigenvalue weighted by atomic mass is 35.5. The minimum absolute atomic E-state index is 0.287. The van der Waals surface area contributed by atoms with E-state index in [2.05, 4.69) is 5.10 Å². The highest BCUT2D eigenvalue weighted by Crippen LogP contribution is 2.14. The molecule has 4 nitrogen and oxygen atoms in total. The topological polar surface area (TPSA) is 60.9 Å². The van der Waals surface area contributed by atoms with E-state index < -0.39 is 5.91 Å². The van der Waals surface area contributed by atoms with Crippen LogP contribution in [0.15, 0.2) is 30.5 Å². The second-order valence-corrected chi connectivity index (χ2v) is 3.88. The largest absolute Gasteiger partial charge is 0.364 e. The number of carbonyl (C=O) groups excluding carboxylic acids is 1. The zero-order valence-corrected chi connectivity index (χ0v) is 9.40. The average Bonchev–Trinajstić information content (AvgIpc) is 2.61. The van der Waals surface area contributed by atoms with E-state index in [4.69, 9.17) is 17.3 Å². The van der Waals surface area contributed by atoms with Gasteiger partial charge in [-0.25, -0.2) is 4.68 Å². The SMILES string of the molecule is Cc1cn(-c2ccc(Cl)cc2)nc1C(N)=O. The maximum absolute atomic E-state index is 11.0. The standard InChI is InChI=1S/C11H10ClN3O/c1-7-6-15(14-10(7)11(13)16)9-4-2-8(12)3-5-9/h2-6H,1H3,(H2,13,16). The molecule has 1 amide bonds. The number of aromatic nitrogens is 2. The Kier molecular flexibility index (Phi) is 2.66. The van der Waals surface area contributed by atoms with Gasteiger partial charge in [0.25, 0.3) is 5.91 Å². The third-order valence-corrected chi connectivity index (χ3v) is 2.47. The Morgan fingerprint density at radius 1 is 1.38 bits per heavy atom. The fourth-order valence-corrected chi connectivity index (χ4v) is 1.56. The summed E-state index contributed by atoms with van der Waals surface area (Å²) < 4.78 is 1.60. The van der Waals surface area contributed by atoms with Gasteiger partial charge >= 0.3 is 0 Å². The van der Waals surface area contributed by atoms with Crippen LogP contribution in [0.1, 0.15) is 16.1 Å². The summed E-state index contributed by atoms with van der Waals surface area (Å²) in [7, 11) is 0. The minimum Gasteiger partial charge on any atom is -0.364 e. The van der Waals surface area contributed by atoms with Crippen LogP contribution in [-0.2, 0) is 0 Å². The first-order valence-electron chi connectivity index (χ1n) is 4.70. The first-order valence-corrected chi connectivity index (χ1v) is 5.08. The number of hydrogen-bond donors (Lipinski definition) is 1. The molecule has 1 heterocycles. The number of carbonyl (C=O) groups is 1. The Morgan fingerprint density at radius 3 is 2.50 bits per heavy atom. The molecule has 0 unspecified atom stereocenters. The van der Waals surface area contributed by atoms with Crippen molar-refractivity contribution in [2.45, 2.75) is 6.92 Å². The van der Waals surface area contributed by atoms with Crippen LogP contribution in [0, 0.1) is 6.92 Å². The van der Waals surface area contributed by atoms with Gasteiger partial charge in [-0.2, -0.15) is 5.10 Å². The maximum Gasteiger partial charge on any atom is 0.269 e. The van der Waals surface area contributed by atoms with E-state index in [-0.39, 0.29) is 5.69 Å². The number of nitrogens with zero attached hydrogens (tertiary/aromatic N) is 2. The van der Waals surface area contributed by atoms with E-state index in [0.29, 0.717) is 5.02 Å². The minimum atomic E-state index is -0.523. The molecule has 1 aromatic carbocycles. The third-order valence-electron chi connectivity index (χ3n) is 2.22. The normalized spacial score (nSPS) is 10.4. The smallest absolute Gasteiger partial charge is 0.269 e. The Labute approximate surface area is 97.6 Å². The fraction of sp³-hybridized carbons (Fsp3) is 0.0909. The van der Waals surface area contributed by atoms with E-state index in [1.165, 1.54) is 0 Å². The van der Waals surface area contributed by atoms with Crippen molar-refractivity contribution in [3.8, 4) is 5.69 Å². The molecule has 0 bridgehead atoms. The van der Waals surface area contributed by atoms with Crippen LogP contribution in [0.5, 0.6) is 0 Å². The van der Waals surface area contributed by atoms with E-state index in [0.717, 1.165) is 11.3 Å². The van der Waals surface area contributed by atoms with E-state index >= 15 is 0 Å². The van der Waals surface area contributed by atoms with Crippen LogP contribution < -0.4 is 5.73 Å². The molecule has 0 saturated heterocycles. The van der Waals surface area contributed by atoms with Crippen molar-refractivity contribution in [2.24, 2.45) is 5.73 Å². The molecule has 0 fully saturated rings. The zero-order valence-electron chi connectivity index (χ0n) is 8.64. The lowest BCUT2D eigenvalue weighted by Crippen LogP contribution is -2.13. The van der Waals surface area contributed by atoms with Crippen LogP contribution in [0.25, 0.3) is 5.69 Å². The third kappa shape index (κ3) is 1.92. The summed E-state index contributed by atoms with van der Waals surface area (Å²) in [5.74, 6) is -0.523. The highest BCUT2D eigenvalue weighted by molar-refractivity contribution is 6.30. The van der Waals surface area contributed by atoms with Crippen LogP contribution in [0.2, 0.25) is 5.02 Å². The average molecular weight is 236 g/mol. The number of hydrogen-bond acceptors (Lipinski definition) is 2. The lowest BCUT2D eigenvalue weighted by atomic mass is 10.3.